The zero-order valence-electron chi connectivity index (χ0n) is 12.1. The van der Waals surface area contributed by atoms with E-state index in [0.29, 0.717) is 18.2 Å². The molecule has 110 valence electrons. The summed E-state index contributed by atoms with van der Waals surface area (Å²) < 4.78 is 0. The molecule has 1 amide bonds. The lowest BCUT2D eigenvalue weighted by atomic mass is 10.0. The summed E-state index contributed by atoms with van der Waals surface area (Å²) in [7, 11) is 1.49. The van der Waals surface area contributed by atoms with Crippen LogP contribution >= 0.6 is 0 Å². The van der Waals surface area contributed by atoms with E-state index in [0.717, 1.165) is 12.8 Å². The van der Waals surface area contributed by atoms with Gasteiger partial charge in [-0.05, 0) is 18.1 Å². The first-order chi connectivity index (χ1) is 9.53. The van der Waals surface area contributed by atoms with Crippen molar-refractivity contribution in [2.24, 2.45) is 5.92 Å². The molecular weight excluding hydrogens is 258 g/mol. The van der Waals surface area contributed by atoms with Crippen molar-refractivity contribution in [1.29, 1.82) is 0 Å². The van der Waals surface area contributed by atoms with Gasteiger partial charge in [0.15, 0.2) is 0 Å². The molecule has 0 aliphatic heterocycles. The number of nitrogens with one attached hydrogen (secondary N) is 2. The molecule has 6 nitrogen and oxygen atoms in total. The number of nitrogens with zero attached hydrogens (tertiary/aromatic N) is 1. The Bertz CT molecular complexity index is 485. The number of carbonyl (C=O) groups excluding carboxylic acids is 1. The van der Waals surface area contributed by atoms with Crippen LogP contribution in [0, 0.1) is 16.0 Å². The third kappa shape index (κ3) is 3.94. The standard InChI is InChI=1S/C14H21N3O3/c1-4-10(5-2)9-16-12-7-6-11(14(18)15-3)8-13(12)17(19)20/h6-8,10,16H,4-5,9H2,1-3H3,(H,15,18). The van der Waals surface area contributed by atoms with Crippen molar-refractivity contribution in [2.75, 3.05) is 18.9 Å². The van der Waals surface area contributed by atoms with Gasteiger partial charge in [0.05, 0.1) is 4.92 Å². The van der Waals surface area contributed by atoms with Crippen LogP contribution in [0.4, 0.5) is 11.4 Å². The molecule has 20 heavy (non-hydrogen) atoms. The molecule has 0 aliphatic carbocycles. The Morgan fingerprint density at radius 1 is 1.35 bits per heavy atom. The number of nitro benzene ring substituents is 1. The monoisotopic (exact) mass is 279 g/mol. The topological polar surface area (TPSA) is 84.3 Å². The molecule has 0 saturated carbocycles. The minimum Gasteiger partial charge on any atom is -0.379 e. The molecule has 6 heteroatoms. The van der Waals surface area contributed by atoms with E-state index in [2.05, 4.69) is 24.5 Å². The predicted molar refractivity (Wildman–Crippen MR) is 79.0 cm³/mol. The van der Waals surface area contributed by atoms with Crippen LogP contribution in [0.2, 0.25) is 0 Å². The molecule has 0 heterocycles. The molecule has 0 unspecified atom stereocenters. The number of carbonyl (C=O) groups is 1. The van der Waals surface area contributed by atoms with Crippen LogP contribution in [0.1, 0.15) is 37.0 Å². The Morgan fingerprint density at radius 2 is 2.00 bits per heavy atom. The number of amides is 1. The first kappa shape index (κ1) is 15.9. The third-order valence-corrected chi connectivity index (χ3v) is 3.42. The van der Waals surface area contributed by atoms with Crippen LogP contribution in [0.3, 0.4) is 0 Å². The first-order valence-corrected chi connectivity index (χ1v) is 6.77. The Kier molecular flexibility index (Phi) is 5.96. The van der Waals surface area contributed by atoms with E-state index in [-0.39, 0.29) is 17.2 Å². The van der Waals surface area contributed by atoms with Crippen molar-refractivity contribution in [3.05, 3.63) is 33.9 Å². The van der Waals surface area contributed by atoms with Crippen LogP contribution in [0.5, 0.6) is 0 Å². The molecule has 0 aliphatic rings. The maximum Gasteiger partial charge on any atom is 0.293 e. The average molecular weight is 279 g/mol. The van der Waals surface area contributed by atoms with Gasteiger partial charge < -0.3 is 10.6 Å². The van der Waals surface area contributed by atoms with Crippen LogP contribution in [0.25, 0.3) is 0 Å². The van der Waals surface area contributed by atoms with Gasteiger partial charge in [0.1, 0.15) is 5.69 Å². The molecule has 1 aromatic carbocycles. The minimum atomic E-state index is -0.471. The maximum absolute atomic E-state index is 11.5. The number of rotatable bonds is 7. The summed E-state index contributed by atoms with van der Waals surface area (Å²) in [6.45, 7) is 4.88. The van der Waals surface area contributed by atoms with Gasteiger partial charge in [0.2, 0.25) is 0 Å². The van der Waals surface area contributed by atoms with Crippen LogP contribution in [-0.4, -0.2) is 24.4 Å². The average Bonchev–Trinajstić information content (AvgIpc) is 2.47. The molecule has 0 bridgehead atoms. The fourth-order valence-corrected chi connectivity index (χ4v) is 1.95. The largest absolute Gasteiger partial charge is 0.379 e. The second kappa shape index (κ2) is 7.47. The van der Waals surface area contributed by atoms with Gasteiger partial charge in [0, 0.05) is 25.2 Å². The molecule has 0 aromatic heterocycles. The van der Waals surface area contributed by atoms with Crippen molar-refractivity contribution in [1.82, 2.24) is 5.32 Å². The highest BCUT2D eigenvalue weighted by Crippen LogP contribution is 2.26. The molecule has 0 saturated heterocycles. The smallest absolute Gasteiger partial charge is 0.293 e. The van der Waals surface area contributed by atoms with Gasteiger partial charge in [-0.1, -0.05) is 26.7 Å². The Hall–Kier alpha value is -2.11. The van der Waals surface area contributed by atoms with Crippen LogP contribution < -0.4 is 10.6 Å². The lowest BCUT2D eigenvalue weighted by Gasteiger charge is -2.14. The van der Waals surface area contributed by atoms with Crippen molar-refractivity contribution < 1.29 is 9.72 Å². The molecule has 1 rings (SSSR count). The summed E-state index contributed by atoms with van der Waals surface area (Å²) >= 11 is 0. The van der Waals surface area contributed by atoms with Gasteiger partial charge in [-0.3, -0.25) is 14.9 Å². The normalized spacial score (nSPS) is 10.4. The lowest BCUT2D eigenvalue weighted by Crippen LogP contribution is -2.18. The molecular formula is C14H21N3O3. The van der Waals surface area contributed by atoms with E-state index in [4.69, 9.17) is 0 Å². The summed E-state index contributed by atoms with van der Waals surface area (Å²) in [5.74, 6) is 0.146. The second-order valence-corrected chi connectivity index (χ2v) is 4.63. The summed E-state index contributed by atoms with van der Waals surface area (Å²) in [6.07, 6.45) is 2.04. The van der Waals surface area contributed by atoms with Crippen molar-refractivity contribution in [2.45, 2.75) is 26.7 Å². The van der Waals surface area contributed by atoms with Gasteiger partial charge >= 0.3 is 0 Å². The minimum absolute atomic E-state index is 0.0722. The van der Waals surface area contributed by atoms with E-state index in [9.17, 15) is 14.9 Å². The van der Waals surface area contributed by atoms with Gasteiger partial charge in [0.25, 0.3) is 11.6 Å². The number of benzene rings is 1. The van der Waals surface area contributed by atoms with E-state index >= 15 is 0 Å². The summed E-state index contributed by atoms with van der Waals surface area (Å²) in [5.41, 5.74) is 0.666. The van der Waals surface area contributed by atoms with Gasteiger partial charge in [-0.15, -0.1) is 0 Å². The highest BCUT2D eigenvalue weighted by atomic mass is 16.6. The summed E-state index contributed by atoms with van der Waals surface area (Å²) in [6, 6.07) is 4.47. The molecule has 1 aromatic rings. The lowest BCUT2D eigenvalue weighted by molar-refractivity contribution is -0.384. The molecule has 0 atom stereocenters. The van der Waals surface area contributed by atoms with E-state index in [1.54, 1.807) is 12.1 Å². The summed E-state index contributed by atoms with van der Waals surface area (Å²) in [4.78, 5) is 22.1. The predicted octanol–water partition coefficient (Wildman–Crippen LogP) is 2.80. The van der Waals surface area contributed by atoms with E-state index in [1.165, 1.54) is 13.1 Å². The number of anilines is 1. The first-order valence-electron chi connectivity index (χ1n) is 6.77. The maximum atomic E-state index is 11.5. The highest BCUT2D eigenvalue weighted by Gasteiger charge is 2.17. The van der Waals surface area contributed by atoms with Crippen molar-refractivity contribution >= 4 is 17.3 Å². The highest BCUT2D eigenvalue weighted by molar-refractivity contribution is 5.95. The third-order valence-electron chi connectivity index (χ3n) is 3.42. The Labute approximate surface area is 118 Å². The second-order valence-electron chi connectivity index (χ2n) is 4.63. The SMILES string of the molecule is CCC(CC)CNc1ccc(C(=O)NC)cc1[N+](=O)[O-]. The molecule has 0 radical (unpaired) electrons. The molecule has 0 spiro atoms. The van der Waals surface area contributed by atoms with Gasteiger partial charge in [-0.2, -0.15) is 0 Å². The van der Waals surface area contributed by atoms with Crippen LogP contribution in [-0.2, 0) is 0 Å². The molecule has 2 N–H and O–H groups in total. The van der Waals surface area contributed by atoms with E-state index < -0.39 is 4.92 Å². The Morgan fingerprint density at radius 3 is 2.50 bits per heavy atom. The Balaban J connectivity index is 2.96. The fourth-order valence-electron chi connectivity index (χ4n) is 1.95. The van der Waals surface area contributed by atoms with Crippen molar-refractivity contribution in [3.8, 4) is 0 Å². The fraction of sp³-hybridized carbons (Fsp3) is 0.500. The number of hydrogen-bond donors (Lipinski definition) is 2. The summed E-state index contributed by atoms with van der Waals surface area (Å²) in [5, 5.41) is 16.7. The van der Waals surface area contributed by atoms with E-state index in [1.807, 2.05) is 0 Å². The number of hydrogen-bond acceptors (Lipinski definition) is 4. The quantitative estimate of drug-likeness (QED) is 0.593. The zero-order chi connectivity index (χ0) is 15.1. The van der Waals surface area contributed by atoms with Crippen LogP contribution in [0.15, 0.2) is 18.2 Å². The number of nitro groups is 1. The zero-order valence-corrected chi connectivity index (χ0v) is 12.1. The van der Waals surface area contributed by atoms with Gasteiger partial charge in [-0.25, -0.2) is 0 Å². The molecule has 0 fully saturated rings. The van der Waals surface area contributed by atoms with Crippen molar-refractivity contribution in [3.63, 3.8) is 0 Å².